The third-order valence-electron chi connectivity index (χ3n) is 2.20. The fourth-order valence-electron chi connectivity index (χ4n) is 1.35. The van der Waals surface area contributed by atoms with Gasteiger partial charge in [-0.2, -0.15) is 0 Å². The Bertz CT molecular complexity index is 604. The summed E-state index contributed by atoms with van der Waals surface area (Å²) in [5.41, 5.74) is 0.549. The molecule has 0 aliphatic rings. The molecule has 92 valence electrons. The Labute approximate surface area is 117 Å². The molecule has 4 nitrogen and oxygen atoms in total. The summed E-state index contributed by atoms with van der Waals surface area (Å²) in [6.45, 7) is 0. The van der Waals surface area contributed by atoms with Gasteiger partial charge in [0, 0.05) is 10.7 Å². The minimum Gasteiger partial charge on any atom is -0.506 e. The summed E-state index contributed by atoms with van der Waals surface area (Å²) in [6, 6.07) is 8.00. The number of aromatic nitrogens is 1. The van der Waals surface area contributed by atoms with Crippen LogP contribution in [-0.2, 0) is 0 Å². The third kappa shape index (κ3) is 2.80. The largest absolute Gasteiger partial charge is 0.506 e. The van der Waals surface area contributed by atoms with E-state index in [1.807, 2.05) is 0 Å². The average Bonchev–Trinajstić information content (AvgIpc) is 2.35. The van der Waals surface area contributed by atoms with E-state index in [0.29, 0.717) is 10.2 Å². The lowest BCUT2D eigenvalue weighted by Crippen LogP contribution is -2.13. The van der Waals surface area contributed by atoms with E-state index in [0.717, 1.165) is 0 Å². The maximum Gasteiger partial charge on any atom is 0.258 e. The Hall–Kier alpha value is -1.59. The number of pyridine rings is 1. The van der Waals surface area contributed by atoms with Crippen LogP contribution in [0.25, 0.3) is 0 Å². The van der Waals surface area contributed by atoms with Crippen LogP contribution in [0.4, 0.5) is 5.69 Å². The first-order valence-electron chi connectivity index (χ1n) is 4.98. The standard InChI is InChI=1S/C12H8BrClN2O2/c13-7-5-8(11(14)15-6-7)12(18)16-9-3-1-2-4-10(9)17/h1-6,17H,(H,16,18). The van der Waals surface area contributed by atoms with Crippen LogP contribution < -0.4 is 5.32 Å². The third-order valence-corrected chi connectivity index (χ3v) is 2.94. The molecule has 1 aromatic heterocycles. The molecule has 0 bridgehead atoms. The van der Waals surface area contributed by atoms with Gasteiger partial charge in [-0.25, -0.2) is 4.98 Å². The smallest absolute Gasteiger partial charge is 0.258 e. The van der Waals surface area contributed by atoms with Gasteiger partial charge in [0.25, 0.3) is 5.91 Å². The van der Waals surface area contributed by atoms with E-state index in [-0.39, 0.29) is 16.5 Å². The number of phenolic OH excluding ortho intramolecular Hbond substituents is 1. The zero-order valence-corrected chi connectivity index (χ0v) is 11.4. The van der Waals surface area contributed by atoms with E-state index in [9.17, 15) is 9.90 Å². The molecule has 18 heavy (non-hydrogen) atoms. The number of aromatic hydroxyl groups is 1. The highest BCUT2D eigenvalue weighted by molar-refractivity contribution is 9.10. The van der Waals surface area contributed by atoms with E-state index in [4.69, 9.17) is 11.6 Å². The number of hydrogen-bond acceptors (Lipinski definition) is 3. The zero-order chi connectivity index (χ0) is 13.1. The van der Waals surface area contributed by atoms with Gasteiger partial charge in [0.05, 0.1) is 11.3 Å². The minimum absolute atomic E-state index is 0.00933. The Morgan fingerprint density at radius 3 is 2.83 bits per heavy atom. The predicted octanol–water partition coefficient (Wildman–Crippen LogP) is 3.46. The highest BCUT2D eigenvalue weighted by Gasteiger charge is 2.13. The molecule has 0 radical (unpaired) electrons. The normalized spacial score (nSPS) is 10.1. The fraction of sp³-hybridized carbons (Fsp3) is 0. The predicted molar refractivity (Wildman–Crippen MR) is 73.0 cm³/mol. The number of carbonyl (C=O) groups is 1. The molecule has 0 spiro atoms. The summed E-state index contributed by atoms with van der Waals surface area (Å²) < 4.78 is 0.648. The van der Waals surface area contributed by atoms with Crippen molar-refractivity contribution in [2.24, 2.45) is 0 Å². The van der Waals surface area contributed by atoms with Crippen molar-refractivity contribution in [2.75, 3.05) is 5.32 Å². The average molecular weight is 328 g/mol. The summed E-state index contributed by atoms with van der Waals surface area (Å²) in [7, 11) is 0. The van der Waals surface area contributed by atoms with Gasteiger partial charge in [-0.15, -0.1) is 0 Å². The highest BCUT2D eigenvalue weighted by atomic mass is 79.9. The lowest BCUT2D eigenvalue weighted by Gasteiger charge is -2.08. The van der Waals surface area contributed by atoms with E-state index in [1.165, 1.54) is 12.3 Å². The monoisotopic (exact) mass is 326 g/mol. The molecule has 2 aromatic rings. The molecule has 6 heteroatoms. The number of amides is 1. The van der Waals surface area contributed by atoms with E-state index in [2.05, 4.69) is 26.2 Å². The number of para-hydroxylation sites is 2. The lowest BCUT2D eigenvalue weighted by molar-refractivity contribution is 0.102. The highest BCUT2D eigenvalue weighted by Crippen LogP contribution is 2.24. The second-order valence-corrected chi connectivity index (χ2v) is 4.74. The quantitative estimate of drug-likeness (QED) is 0.656. The molecule has 0 saturated carbocycles. The Balaban J connectivity index is 2.28. The number of nitrogens with one attached hydrogen (secondary N) is 1. The van der Waals surface area contributed by atoms with Crippen LogP contribution in [0.15, 0.2) is 41.0 Å². The Morgan fingerprint density at radius 1 is 1.39 bits per heavy atom. The molecule has 1 aromatic carbocycles. The first kappa shape index (κ1) is 12.9. The van der Waals surface area contributed by atoms with Crippen LogP contribution in [0.2, 0.25) is 5.15 Å². The number of hydrogen-bond donors (Lipinski definition) is 2. The van der Waals surface area contributed by atoms with Crippen molar-refractivity contribution >= 4 is 39.1 Å². The molecule has 0 fully saturated rings. The van der Waals surface area contributed by atoms with Crippen molar-refractivity contribution in [1.82, 2.24) is 4.98 Å². The zero-order valence-electron chi connectivity index (χ0n) is 9.02. The summed E-state index contributed by atoms with van der Waals surface area (Å²) in [5, 5.41) is 12.2. The number of nitrogens with zero attached hydrogens (tertiary/aromatic N) is 1. The number of phenols is 1. The number of rotatable bonds is 2. The SMILES string of the molecule is O=C(Nc1ccccc1O)c1cc(Br)cnc1Cl. The van der Waals surface area contributed by atoms with E-state index in [1.54, 1.807) is 24.3 Å². The van der Waals surface area contributed by atoms with Crippen LogP contribution >= 0.6 is 27.5 Å². The molecule has 0 aliphatic carbocycles. The van der Waals surface area contributed by atoms with Gasteiger partial charge < -0.3 is 10.4 Å². The van der Waals surface area contributed by atoms with Gasteiger partial charge in [-0.1, -0.05) is 23.7 Å². The van der Waals surface area contributed by atoms with Crippen molar-refractivity contribution < 1.29 is 9.90 Å². The molecular weight excluding hydrogens is 320 g/mol. The van der Waals surface area contributed by atoms with Gasteiger partial charge in [-0.3, -0.25) is 4.79 Å². The Morgan fingerprint density at radius 2 is 2.11 bits per heavy atom. The van der Waals surface area contributed by atoms with Crippen molar-refractivity contribution in [2.45, 2.75) is 0 Å². The molecule has 0 atom stereocenters. The van der Waals surface area contributed by atoms with Crippen LogP contribution in [0.3, 0.4) is 0 Å². The molecule has 2 N–H and O–H groups in total. The van der Waals surface area contributed by atoms with E-state index < -0.39 is 5.91 Å². The van der Waals surface area contributed by atoms with Gasteiger partial charge >= 0.3 is 0 Å². The maximum atomic E-state index is 12.0. The Kier molecular flexibility index (Phi) is 3.84. The van der Waals surface area contributed by atoms with Crippen molar-refractivity contribution in [1.29, 1.82) is 0 Å². The second kappa shape index (κ2) is 5.37. The topological polar surface area (TPSA) is 62.2 Å². The van der Waals surface area contributed by atoms with Gasteiger partial charge in [0.2, 0.25) is 0 Å². The van der Waals surface area contributed by atoms with Crippen LogP contribution in [0.5, 0.6) is 5.75 Å². The molecule has 0 aliphatic heterocycles. The van der Waals surface area contributed by atoms with Crippen LogP contribution in [-0.4, -0.2) is 16.0 Å². The van der Waals surface area contributed by atoms with Crippen molar-refractivity contribution in [3.63, 3.8) is 0 Å². The second-order valence-electron chi connectivity index (χ2n) is 3.46. The summed E-state index contributed by atoms with van der Waals surface area (Å²) >= 11 is 9.06. The molecule has 0 saturated heterocycles. The van der Waals surface area contributed by atoms with Crippen LogP contribution in [0.1, 0.15) is 10.4 Å². The summed E-state index contributed by atoms with van der Waals surface area (Å²) in [5.74, 6) is -0.444. The lowest BCUT2D eigenvalue weighted by atomic mass is 10.2. The number of benzene rings is 1. The molecule has 1 heterocycles. The van der Waals surface area contributed by atoms with Gasteiger partial charge in [-0.05, 0) is 34.1 Å². The number of halogens is 2. The maximum absolute atomic E-state index is 12.0. The van der Waals surface area contributed by atoms with Gasteiger partial charge in [0.15, 0.2) is 0 Å². The van der Waals surface area contributed by atoms with Crippen molar-refractivity contribution in [3.05, 3.63) is 51.7 Å². The summed E-state index contributed by atoms with van der Waals surface area (Å²) in [6.07, 6.45) is 1.50. The molecule has 2 rings (SSSR count). The van der Waals surface area contributed by atoms with Gasteiger partial charge in [0.1, 0.15) is 10.9 Å². The first-order valence-corrected chi connectivity index (χ1v) is 6.15. The molecular formula is C12H8BrClN2O2. The first-order chi connectivity index (χ1) is 8.58. The number of carbonyl (C=O) groups excluding carboxylic acids is 1. The van der Waals surface area contributed by atoms with E-state index >= 15 is 0 Å². The van der Waals surface area contributed by atoms with Crippen LogP contribution in [0, 0.1) is 0 Å². The summed E-state index contributed by atoms with van der Waals surface area (Å²) in [4.78, 5) is 15.8. The number of anilines is 1. The molecule has 0 unspecified atom stereocenters. The fourth-order valence-corrected chi connectivity index (χ4v) is 1.87. The minimum atomic E-state index is -0.435. The van der Waals surface area contributed by atoms with Crippen molar-refractivity contribution in [3.8, 4) is 5.75 Å². The molecule has 1 amide bonds.